The second-order valence-corrected chi connectivity index (χ2v) is 14.0. The number of hydrogen-bond acceptors (Lipinski definition) is 4. The number of halogens is 2. The van der Waals surface area contributed by atoms with Crippen LogP contribution in [0.5, 0.6) is 0 Å². The summed E-state index contributed by atoms with van der Waals surface area (Å²) in [5.41, 5.74) is 1.42. The Labute approximate surface area is 231 Å². The van der Waals surface area contributed by atoms with Gasteiger partial charge in [0.05, 0.1) is 22.0 Å². The van der Waals surface area contributed by atoms with Gasteiger partial charge in [0, 0.05) is 12.1 Å². The predicted molar refractivity (Wildman–Crippen MR) is 152 cm³/mol. The molecule has 0 aliphatic heterocycles. The fourth-order valence-electron chi connectivity index (χ4n) is 3.63. The van der Waals surface area contributed by atoms with Gasteiger partial charge in [0.25, 0.3) is 0 Å². The van der Waals surface area contributed by atoms with E-state index in [1.54, 1.807) is 37.3 Å². The van der Waals surface area contributed by atoms with Gasteiger partial charge in [0.1, 0.15) is 12.6 Å². The third-order valence-corrected chi connectivity index (χ3v) is 7.58. The Morgan fingerprint density at radius 2 is 1.51 bits per heavy atom. The second-order valence-electron chi connectivity index (χ2n) is 11.3. The Morgan fingerprint density at radius 3 is 1.97 bits per heavy atom. The van der Waals surface area contributed by atoms with Crippen LogP contribution < -0.4 is 9.62 Å². The summed E-state index contributed by atoms with van der Waals surface area (Å²) in [6, 6.07) is 11.1. The summed E-state index contributed by atoms with van der Waals surface area (Å²) in [4.78, 5) is 28.0. The fourth-order valence-corrected chi connectivity index (χ4v) is 4.80. The molecule has 0 radical (unpaired) electrons. The third-order valence-electron chi connectivity index (χ3n) is 5.70. The van der Waals surface area contributed by atoms with E-state index in [0.717, 1.165) is 16.1 Å². The molecule has 2 rings (SSSR count). The highest BCUT2D eigenvalue weighted by Gasteiger charge is 2.31. The molecule has 0 saturated heterocycles. The quantitative estimate of drug-likeness (QED) is 0.461. The molecule has 0 aliphatic rings. The Bertz CT molecular complexity index is 1230. The molecule has 1 atom stereocenters. The molecular weight excluding hydrogens is 533 g/mol. The van der Waals surface area contributed by atoms with Gasteiger partial charge in [-0.15, -0.1) is 0 Å². The van der Waals surface area contributed by atoms with Crippen molar-refractivity contribution in [3.63, 3.8) is 0 Å². The first kappa shape index (κ1) is 30.9. The van der Waals surface area contributed by atoms with Gasteiger partial charge < -0.3 is 10.2 Å². The van der Waals surface area contributed by atoms with Crippen molar-refractivity contribution in [3.8, 4) is 0 Å². The Kier molecular flexibility index (Phi) is 9.72. The van der Waals surface area contributed by atoms with Gasteiger partial charge >= 0.3 is 0 Å². The Balaban J connectivity index is 2.44. The van der Waals surface area contributed by atoms with Crippen molar-refractivity contribution in [1.29, 1.82) is 0 Å². The van der Waals surface area contributed by atoms with Crippen LogP contribution in [0.15, 0.2) is 42.5 Å². The highest BCUT2D eigenvalue weighted by atomic mass is 35.5. The van der Waals surface area contributed by atoms with Crippen LogP contribution in [-0.4, -0.2) is 49.5 Å². The summed E-state index contributed by atoms with van der Waals surface area (Å²) in [5, 5.41) is 3.56. The molecule has 10 heteroatoms. The lowest BCUT2D eigenvalue weighted by Gasteiger charge is -2.33. The number of sulfonamides is 1. The van der Waals surface area contributed by atoms with Crippen LogP contribution in [0, 0.1) is 0 Å². The van der Waals surface area contributed by atoms with Crippen LogP contribution in [0.2, 0.25) is 10.0 Å². The summed E-state index contributed by atoms with van der Waals surface area (Å²) >= 11 is 12.2. The molecule has 37 heavy (non-hydrogen) atoms. The zero-order valence-corrected chi connectivity index (χ0v) is 25.1. The number of rotatable bonds is 8. The smallest absolute Gasteiger partial charge is 0.244 e. The van der Waals surface area contributed by atoms with E-state index in [-0.39, 0.29) is 17.9 Å². The standard InChI is InChI=1S/C27H37Cl2N3O4S/c1-18(25(34)30-27(5,6)7)31(16-19-9-14-22(28)23(29)15-19)24(33)17-32(37(8,35)36)21-12-10-20(11-13-21)26(2,3)4/h9-15,18H,16-17H2,1-8H3,(H,30,34). The number of hydrogen-bond donors (Lipinski definition) is 1. The molecule has 2 aromatic rings. The minimum Gasteiger partial charge on any atom is -0.350 e. The topological polar surface area (TPSA) is 86.8 Å². The first-order valence-corrected chi connectivity index (χ1v) is 14.5. The average molecular weight is 571 g/mol. The molecule has 1 N–H and O–H groups in total. The van der Waals surface area contributed by atoms with Gasteiger partial charge in [0.2, 0.25) is 21.8 Å². The van der Waals surface area contributed by atoms with Gasteiger partial charge in [-0.2, -0.15) is 0 Å². The van der Waals surface area contributed by atoms with Gasteiger partial charge in [-0.25, -0.2) is 8.42 Å². The maximum absolute atomic E-state index is 13.6. The predicted octanol–water partition coefficient (Wildman–Crippen LogP) is 5.39. The zero-order chi connectivity index (χ0) is 28.3. The largest absolute Gasteiger partial charge is 0.350 e. The average Bonchev–Trinajstić information content (AvgIpc) is 2.75. The van der Waals surface area contributed by atoms with E-state index >= 15 is 0 Å². The number of benzene rings is 2. The molecule has 0 fully saturated rings. The summed E-state index contributed by atoms with van der Waals surface area (Å²) in [6.45, 7) is 12.9. The molecule has 7 nitrogen and oxygen atoms in total. The van der Waals surface area contributed by atoms with E-state index in [1.165, 1.54) is 4.90 Å². The van der Waals surface area contributed by atoms with Crippen LogP contribution >= 0.6 is 23.2 Å². The minimum atomic E-state index is -3.81. The normalized spacial score (nSPS) is 13.1. The van der Waals surface area contributed by atoms with E-state index in [2.05, 4.69) is 26.1 Å². The molecule has 0 bridgehead atoms. The molecule has 0 aromatic heterocycles. The van der Waals surface area contributed by atoms with Crippen LogP contribution in [0.3, 0.4) is 0 Å². The van der Waals surface area contributed by atoms with E-state index in [4.69, 9.17) is 23.2 Å². The molecule has 0 aliphatic carbocycles. The number of amides is 2. The minimum absolute atomic E-state index is 0.0367. The van der Waals surface area contributed by atoms with Crippen molar-refractivity contribution in [2.75, 3.05) is 17.1 Å². The van der Waals surface area contributed by atoms with E-state index in [9.17, 15) is 18.0 Å². The number of carbonyl (C=O) groups excluding carboxylic acids is 2. The summed E-state index contributed by atoms with van der Waals surface area (Å²) in [5.74, 6) is -0.894. The fraction of sp³-hybridized carbons (Fsp3) is 0.481. The molecule has 1 unspecified atom stereocenters. The number of carbonyl (C=O) groups is 2. The number of anilines is 1. The molecule has 2 amide bonds. The monoisotopic (exact) mass is 569 g/mol. The molecule has 204 valence electrons. The lowest BCUT2D eigenvalue weighted by molar-refractivity contribution is -0.140. The highest BCUT2D eigenvalue weighted by molar-refractivity contribution is 7.92. The van der Waals surface area contributed by atoms with Crippen LogP contribution in [0.25, 0.3) is 0 Å². The number of nitrogens with one attached hydrogen (secondary N) is 1. The first-order valence-electron chi connectivity index (χ1n) is 11.9. The SMILES string of the molecule is CC(C(=O)NC(C)(C)C)N(Cc1ccc(Cl)c(Cl)c1)C(=O)CN(c1ccc(C(C)(C)C)cc1)S(C)(=O)=O. The molecular formula is C27H37Cl2N3O4S. The second kappa shape index (κ2) is 11.6. The van der Waals surface area contributed by atoms with E-state index in [0.29, 0.717) is 21.3 Å². The van der Waals surface area contributed by atoms with E-state index in [1.807, 2.05) is 32.9 Å². The zero-order valence-electron chi connectivity index (χ0n) is 22.7. The molecule has 0 heterocycles. The summed E-state index contributed by atoms with van der Waals surface area (Å²) < 4.78 is 26.5. The first-order chi connectivity index (χ1) is 16.8. The maximum atomic E-state index is 13.6. The lowest BCUT2D eigenvalue weighted by Crippen LogP contribution is -2.54. The van der Waals surface area contributed by atoms with Gasteiger partial charge in [-0.3, -0.25) is 13.9 Å². The molecule has 0 saturated carbocycles. The summed E-state index contributed by atoms with van der Waals surface area (Å²) in [7, 11) is -3.81. The van der Waals surface area contributed by atoms with Crippen molar-refractivity contribution in [1.82, 2.24) is 10.2 Å². The Morgan fingerprint density at radius 1 is 0.946 bits per heavy atom. The van der Waals surface area contributed by atoms with Crippen molar-refractivity contribution in [2.24, 2.45) is 0 Å². The Hall–Kier alpha value is -2.29. The van der Waals surface area contributed by atoms with E-state index < -0.39 is 34.1 Å². The molecule has 0 spiro atoms. The highest BCUT2D eigenvalue weighted by Crippen LogP contribution is 2.27. The lowest BCUT2D eigenvalue weighted by atomic mass is 9.87. The maximum Gasteiger partial charge on any atom is 0.244 e. The van der Waals surface area contributed by atoms with Gasteiger partial charge in [-0.05, 0) is 68.5 Å². The van der Waals surface area contributed by atoms with Crippen molar-refractivity contribution in [2.45, 2.75) is 72.0 Å². The van der Waals surface area contributed by atoms with Crippen LogP contribution in [-0.2, 0) is 31.6 Å². The van der Waals surface area contributed by atoms with Gasteiger partial charge in [0.15, 0.2) is 0 Å². The number of nitrogens with zero attached hydrogens (tertiary/aromatic N) is 2. The van der Waals surface area contributed by atoms with Crippen LogP contribution in [0.4, 0.5) is 5.69 Å². The van der Waals surface area contributed by atoms with Crippen molar-refractivity contribution < 1.29 is 18.0 Å². The van der Waals surface area contributed by atoms with Crippen molar-refractivity contribution in [3.05, 3.63) is 63.6 Å². The van der Waals surface area contributed by atoms with Gasteiger partial charge in [-0.1, -0.05) is 62.2 Å². The molecule has 2 aromatic carbocycles. The summed E-state index contributed by atoms with van der Waals surface area (Å²) in [6.07, 6.45) is 1.05. The third kappa shape index (κ3) is 8.90. The van der Waals surface area contributed by atoms with Crippen molar-refractivity contribution >= 4 is 50.7 Å². The van der Waals surface area contributed by atoms with Crippen LogP contribution in [0.1, 0.15) is 59.6 Å².